The first-order chi connectivity index (χ1) is 9.87. The Kier molecular flexibility index (Phi) is 6.66. The molecular formula is C12H16F2N2O4S. The van der Waals surface area contributed by atoms with E-state index in [-0.39, 0.29) is 12.2 Å². The number of nitrogens with one attached hydrogen (secondary N) is 2. The molecule has 9 heteroatoms. The Hall–Kier alpha value is -1.58. The summed E-state index contributed by atoms with van der Waals surface area (Å²) in [5, 5.41) is 5.21. The Morgan fingerprint density at radius 3 is 2.71 bits per heavy atom. The lowest BCUT2D eigenvalue weighted by atomic mass is 10.3. The molecule has 0 radical (unpaired) electrons. The molecule has 118 valence electrons. The van der Waals surface area contributed by atoms with Crippen molar-refractivity contribution in [2.75, 3.05) is 32.1 Å². The van der Waals surface area contributed by atoms with E-state index in [1.54, 1.807) is 0 Å². The Balaban J connectivity index is 2.67. The molecular weight excluding hydrogens is 306 g/mol. The SMILES string of the molecule is COCCNCC(=O)Nc1cccc(S(=O)(=O)C(F)F)c1. The van der Waals surface area contributed by atoms with Gasteiger partial charge in [-0.2, -0.15) is 8.78 Å². The van der Waals surface area contributed by atoms with Crippen LogP contribution in [0.5, 0.6) is 0 Å². The van der Waals surface area contributed by atoms with E-state index in [1.165, 1.54) is 19.2 Å². The van der Waals surface area contributed by atoms with Crippen molar-refractivity contribution in [2.24, 2.45) is 0 Å². The number of carbonyl (C=O) groups is 1. The number of hydrogen-bond acceptors (Lipinski definition) is 5. The van der Waals surface area contributed by atoms with Crippen LogP contribution in [0, 0.1) is 0 Å². The highest BCUT2D eigenvalue weighted by atomic mass is 32.2. The van der Waals surface area contributed by atoms with E-state index in [4.69, 9.17) is 4.74 Å². The first kappa shape index (κ1) is 17.5. The minimum Gasteiger partial charge on any atom is -0.383 e. The minimum absolute atomic E-state index is 0.00478. The average molecular weight is 322 g/mol. The predicted molar refractivity (Wildman–Crippen MR) is 73.0 cm³/mol. The fourth-order valence-corrected chi connectivity index (χ4v) is 2.20. The van der Waals surface area contributed by atoms with Gasteiger partial charge in [0.1, 0.15) is 0 Å². The molecule has 1 rings (SSSR count). The van der Waals surface area contributed by atoms with E-state index in [2.05, 4.69) is 10.6 Å². The van der Waals surface area contributed by atoms with Crippen molar-refractivity contribution in [1.29, 1.82) is 0 Å². The normalized spacial score (nSPS) is 11.6. The van der Waals surface area contributed by atoms with E-state index in [9.17, 15) is 22.0 Å². The number of hydrogen-bond donors (Lipinski definition) is 2. The highest BCUT2D eigenvalue weighted by Crippen LogP contribution is 2.21. The maximum atomic E-state index is 12.4. The van der Waals surface area contributed by atoms with Crippen LogP contribution in [0.25, 0.3) is 0 Å². The molecule has 0 aromatic heterocycles. The molecule has 0 bridgehead atoms. The number of anilines is 1. The zero-order valence-electron chi connectivity index (χ0n) is 11.3. The first-order valence-corrected chi connectivity index (χ1v) is 7.54. The Labute approximate surface area is 121 Å². The third-order valence-electron chi connectivity index (χ3n) is 2.45. The van der Waals surface area contributed by atoms with E-state index in [0.717, 1.165) is 12.1 Å². The fourth-order valence-electron chi connectivity index (χ4n) is 1.44. The minimum atomic E-state index is -4.68. The van der Waals surface area contributed by atoms with Gasteiger partial charge in [-0.3, -0.25) is 4.79 Å². The van der Waals surface area contributed by atoms with Gasteiger partial charge in [0.25, 0.3) is 0 Å². The van der Waals surface area contributed by atoms with Gasteiger partial charge in [0.05, 0.1) is 18.0 Å². The van der Waals surface area contributed by atoms with Crippen LogP contribution < -0.4 is 10.6 Å². The molecule has 0 fully saturated rings. The van der Waals surface area contributed by atoms with Crippen LogP contribution in [0.1, 0.15) is 0 Å². The van der Waals surface area contributed by atoms with Crippen molar-refractivity contribution < 1.29 is 26.7 Å². The number of carbonyl (C=O) groups excluding carboxylic acids is 1. The molecule has 0 aliphatic heterocycles. The second kappa shape index (κ2) is 8.01. The number of amides is 1. The van der Waals surface area contributed by atoms with Gasteiger partial charge in [0.2, 0.25) is 15.7 Å². The van der Waals surface area contributed by atoms with Gasteiger partial charge >= 0.3 is 5.76 Å². The summed E-state index contributed by atoms with van der Waals surface area (Å²) in [7, 11) is -3.15. The van der Waals surface area contributed by atoms with E-state index in [1.807, 2.05) is 0 Å². The molecule has 1 amide bonds. The number of alkyl halides is 2. The number of halogens is 2. The molecule has 0 spiro atoms. The van der Waals surface area contributed by atoms with Crippen LogP contribution >= 0.6 is 0 Å². The lowest BCUT2D eigenvalue weighted by Gasteiger charge is -2.08. The van der Waals surface area contributed by atoms with Crippen LogP contribution in [-0.2, 0) is 19.4 Å². The van der Waals surface area contributed by atoms with E-state index in [0.29, 0.717) is 13.2 Å². The van der Waals surface area contributed by atoms with Crippen molar-refractivity contribution in [2.45, 2.75) is 10.7 Å². The number of methoxy groups -OCH3 is 1. The van der Waals surface area contributed by atoms with Gasteiger partial charge in [0.15, 0.2) is 0 Å². The maximum absolute atomic E-state index is 12.4. The molecule has 0 saturated carbocycles. The van der Waals surface area contributed by atoms with Crippen molar-refractivity contribution in [3.63, 3.8) is 0 Å². The molecule has 0 atom stereocenters. The second-order valence-electron chi connectivity index (χ2n) is 4.05. The monoisotopic (exact) mass is 322 g/mol. The summed E-state index contributed by atoms with van der Waals surface area (Å²) in [4.78, 5) is 11.0. The Bertz CT molecular complexity index is 578. The zero-order valence-corrected chi connectivity index (χ0v) is 12.1. The third kappa shape index (κ3) is 5.37. The molecule has 1 aromatic carbocycles. The molecule has 0 saturated heterocycles. The molecule has 6 nitrogen and oxygen atoms in total. The smallest absolute Gasteiger partial charge is 0.341 e. The molecule has 0 unspecified atom stereocenters. The Morgan fingerprint density at radius 1 is 1.38 bits per heavy atom. The van der Waals surface area contributed by atoms with E-state index < -0.39 is 26.4 Å². The van der Waals surface area contributed by atoms with Gasteiger partial charge in [-0.25, -0.2) is 8.42 Å². The van der Waals surface area contributed by atoms with Crippen LogP contribution in [-0.4, -0.2) is 46.9 Å². The Morgan fingerprint density at radius 2 is 2.10 bits per heavy atom. The van der Waals surface area contributed by atoms with Crippen molar-refractivity contribution in [3.05, 3.63) is 24.3 Å². The van der Waals surface area contributed by atoms with Gasteiger partial charge in [-0.05, 0) is 18.2 Å². The fraction of sp³-hybridized carbons (Fsp3) is 0.417. The first-order valence-electron chi connectivity index (χ1n) is 5.99. The number of sulfone groups is 1. The van der Waals surface area contributed by atoms with Crippen molar-refractivity contribution >= 4 is 21.4 Å². The molecule has 0 aliphatic rings. The lowest BCUT2D eigenvalue weighted by molar-refractivity contribution is -0.115. The average Bonchev–Trinajstić information content (AvgIpc) is 2.43. The van der Waals surface area contributed by atoms with Crippen molar-refractivity contribution in [1.82, 2.24) is 5.32 Å². The summed E-state index contributed by atoms with van der Waals surface area (Å²) >= 11 is 0. The number of ether oxygens (including phenoxy) is 1. The second-order valence-corrected chi connectivity index (χ2v) is 5.97. The molecule has 21 heavy (non-hydrogen) atoms. The predicted octanol–water partition coefficient (Wildman–Crippen LogP) is 0.857. The van der Waals surface area contributed by atoms with Crippen LogP contribution in [0.2, 0.25) is 0 Å². The van der Waals surface area contributed by atoms with Crippen LogP contribution in [0.4, 0.5) is 14.5 Å². The van der Waals surface area contributed by atoms with Crippen LogP contribution in [0.3, 0.4) is 0 Å². The number of benzene rings is 1. The summed E-state index contributed by atoms with van der Waals surface area (Å²) in [6.07, 6.45) is 0. The maximum Gasteiger partial charge on any atom is 0.341 e. The highest BCUT2D eigenvalue weighted by molar-refractivity contribution is 7.91. The largest absolute Gasteiger partial charge is 0.383 e. The van der Waals surface area contributed by atoms with Crippen molar-refractivity contribution in [3.8, 4) is 0 Å². The van der Waals surface area contributed by atoms with Gasteiger partial charge in [0, 0.05) is 19.3 Å². The molecule has 2 N–H and O–H groups in total. The lowest BCUT2D eigenvalue weighted by Crippen LogP contribution is -2.30. The standard InChI is InChI=1S/C12H16F2N2O4S/c1-20-6-5-15-8-11(17)16-9-3-2-4-10(7-9)21(18,19)12(13)14/h2-4,7,12,15H,5-6,8H2,1H3,(H,16,17). The van der Waals surface area contributed by atoms with Crippen LogP contribution in [0.15, 0.2) is 29.2 Å². The summed E-state index contributed by atoms with van der Waals surface area (Å²) < 4.78 is 52.3. The van der Waals surface area contributed by atoms with Gasteiger partial charge < -0.3 is 15.4 Å². The molecule has 0 aliphatic carbocycles. The highest BCUT2D eigenvalue weighted by Gasteiger charge is 2.26. The summed E-state index contributed by atoms with van der Waals surface area (Å²) in [5.41, 5.74) is 0.135. The topological polar surface area (TPSA) is 84.5 Å². The zero-order chi connectivity index (χ0) is 15.9. The van der Waals surface area contributed by atoms with E-state index >= 15 is 0 Å². The summed E-state index contributed by atoms with van der Waals surface area (Å²) in [6.45, 7) is 0.911. The van der Waals surface area contributed by atoms with Gasteiger partial charge in [-0.15, -0.1) is 0 Å². The molecule has 0 heterocycles. The number of rotatable bonds is 8. The molecule has 1 aromatic rings. The quantitative estimate of drug-likeness (QED) is 0.694. The summed E-state index contributed by atoms with van der Waals surface area (Å²) in [5.74, 6) is -3.92. The summed E-state index contributed by atoms with van der Waals surface area (Å²) in [6, 6.07) is 4.74. The third-order valence-corrected chi connectivity index (χ3v) is 3.83. The van der Waals surface area contributed by atoms with Gasteiger partial charge in [-0.1, -0.05) is 6.07 Å².